The topological polar surface area (TPSA) is 26.0 Å². The van der Waals surface area contributed by atoms with Crippen LogP contribution in [0.3, 0.4) is 0 Å². The van der Waals surface area contributed by atoms with Crippen LogP contribution in [-0.2, 0) is 5.41 Å². The molecule has 0 aliphatic heterocycles. The zero-order valence-electron chi connectivity index (χ0n) is 9.44. The normalized spacial score (nSPS) is 18.7. The average Bonchev–Trinajstić information content (AvgIpc) is 2.12. The van der Waals surface area contributed by atoms with Crippen molar-refractivity contribution in [3.63, 3.8) is 0 Å². The monoisotopic (exact) mass is 207 g/mol. The number of benzene rings is 1. The van der Waals surface area contributed by atoms with Gasteiger partial charge in [0.15, 0.2) is 0 Å². The average molecular weight is 207 g/mol. The summed E-state index contributed by atoms with van der Waals surface area (Å²) in [6.45, 7) is 4.40. The molecule has 0 spiro atoms. The molecule has 0 saturated heterocycles. The second kappa shape index (κ2) is 3.60. The van der Waals surface area contributed by atoms with E-state index in [1.54, 1.807) is 0 Å². The molecule has 1 nitrogen and oxygen atoms in total. The van der Waals surface area contributed by atoms with Crippen molar-refractivity contribution in [3.8, 4) is 0 Å². The van der Waals surface area contributed by atoms with E-state index in [2.05, 4.69) is 0 Å². The molecule has 1 fully saturated rings. The summed E-state index contributed by atoms with van der Waals surface area (Å²) < 4.78 is 14.0. The Morgan fingerprint density at radius 2 is 2.00 bits per heavy atom. The van der Waals surface area contributed by atoms with E-state index in [0.29, 0.717) is 6.54 Å². The van der Waals surface area contributed by atoms with Gasteiger partial charge in [0.2, 0.25) is 0 Å². The molecule has 1 saturated carbocycles. The number of halogens is 1. The van der Waals surface area contributed by atoms with Crippen LogP contribution in [0.5, 0.6) is 0 Å². The first-order chi connectivity index (χ1) is 7.09. The highest BCUT2D eigenvalue weighted by molar-refractivity contribution is 5.37. The summed E-state index contributed by atoms with van der Waals surface area (Å²) in [7, 11) is 0. The molecular weight excluding hydrogens is 189 g/mol. The predicted molar refractivity (Wildman–Crippen MR) is 60.5 cm³/mol. The second-order valence-corrected chi connectivity index (χ2v) is 4.78. The minimum absolute atomic E-state index is 0.0502. The third-order valence-corrected chi connectivity index (χ3v) is 3.67. The lowest BCUT2D eigenvalue weighted by molar-refractivity contribution is 0.244. The lowest BCUT2D eigenvalue weighted by Gasteiger charge is -2.42. The van der Waals surface area contributed by atoms with E-state index in [-0.39, 0.29) is 11.2 Å². The number of hydrogen-bond acceptors (Lipinski definition) is 1. The summed E-state index contributed by atoms with van der Waals surface area (Å²) >= 11 is 0. The van der Waals surface area contributed by atoms with Gasteiger partial charge >= 0.3 is 0 Å². The predicted octanol–water partition coefficient (Wildman–Crippen LogP) is 2.82. The molecule has 2 rings (SSSR count). The summed E-state index contributed by atoms with van der Waals surface area (Å²) in [4.78, 5) is 0. The van der Waals surface area contributed by atoms with E-state index < -0.39 is 0 Å². The van der Waals surface area contributed by atoms with Gasteiger partial charge in [0.05, 0.1) is 0 Å². The fraction of sp³-hybridized carbons (Fsp3) is 0.538. The molecule has 1 aliphatic rings. The molecule has 1 aliphatic carbocycles. The van der Waals surface area contributed by atoms with E-state index in [4.69, 9.17) is 5.73 Å². The van der Waals surface area contributed by atoms with Crippen LogP contribution in [0.25, 0.3) is 0 Å². The lowest BCUT2D eigenvalue weighted by atomic mass is 9.64. The summed E-state index contributed by atoms with van der Waals surface area (Å²) in [6, 6.07) is 3.86. The van der Waals surface area contributed by atoms with E-state index in [1.165, 1.54) is 6.42 Å². The number of rotatable bonds is 2. The molecule has 0 amide bonds. The van der Waals surface area contributed by atoms with Gasteiger partial charge in [0, 0.05) is 12.0 Å². The zero-order chi connectivity index (χ0) is 11.1. The van der Waals surface area contributed by atoms with Crippen molar-refractivity contribution in [1.82, 2.24) is 0 Å². The molecule has 0 radical (unpaired) electrons. The molecule has 1 aromatic rings. The van der Waals surface area contributed by atoms with Gasteiger partial charge in [0.1, 0.15) is 5.82 Å². The van der Waals surface area contributed by atoms with Crippen LogP contribution in [0, 0.1) is 19.7 Å². The van der Waals surface area contributed by atoms with Crippen LogP contribution < -0.4 is 5.73 Å². The number of aryl methyl sites for hydroxylation is 2. The lowest BCUT2D eigenvalue weighted by Crippen LogP contribution is -2.42. The Morgan fingerprint density at radius 3 is 2.47 bits per heavy atom. The molecule has 2 heteroatoms. The maximum Gasteiger partial charge on any atom is 0.129 e. The first-order valence-corrected chi connectivity index (χ1v) is 5.56. The molecule has 82 valence electrons. The fourth-order valence-corrected chi connectivity index (χ4v) is 2.52. The maximum atomic E-state index is 14.0. The van der Waals surface area contributed by atoms with Crippen molar-refractivity contribution in [2.45, 2.75) is 38.5 Å². The molecule has 0 bridgehead atoms. The van der Waals surface area contributed by atoms with Gasteiger partial charge in [-0.1, -0.05) is 24.1 Å². The summed E-state index contributed by atoms with van der Waals surface area (Å²) in [6.07, 6.45) is 3.23. The fourth-order valence-electron chi connectivity index (χ4n) is 2.52. The third-order valence-electron chi connectivity index (χ3n) is 3.67. The Hall–Kier alpha value is -0.890. The van der Waals surface area contributed by atoms with Crippen LogP contribution in [0.4, 0.5) is 4.39 Å². The first-order valence-electron chi connectivity index (χ1n) is 5.56. The first kappa shape index (κ1) is 10.6. The molecule has 0 atom stereocenters. The molecule has 0 unspecified atom stereocenters. The van der Waals surface area contributed by atoms with Crippen molar-refractivity contribution >= 4 is 0 Å². The van der Waals surface area contributed by atoms with Crippen molar-refractivity contribution in [3.05, 3.63) is 34.6 Å². The highest BCUT2D eigenvalue weighted by Crippen LogP contribution is 2.44. The largest absolute Gasteiger partial charge is 0.330 e. The Kier molecular flexibility index (Phi) is 2.55. The number of hydrogen-bond donors (Lipinski definition) is 1. The van der Waals surface area contributed by atoms with Crippen molar-refractivity contribution in [2.75, 3.05) is 6.54 Å². The van der Waals surface area contributed by atoms with Crippen molar-refractivity contribution in [1.29, 1.82) is 0 Å². The van der Waals surface area contributed by atoms with Gasteiger partial charge in [-0.2, -0.15) is 0 Å². The SMILES string of the molecule is Cc1cc(C)c(F)c(C2(CN)CCC2)c1. The maximum absolute atomic E-state index is 14.0. The van der Waals surface area contributed by atoms with Crippen LogP contribution in [0.2, 0.25) is 0 Å². The quantitative estimate of drug-likeness (QED) is 0.793. The van der Waals surface area contributed by atoms with Crippen molar-refractivity contribution < 1.29 is 4.39 Å². The highest BCUT2D eigenvalue weighted by atomic mass is 19.1. The van der Waals surface area contributed by atoms with E-state index in [0.717, 1.165) is 29.5 Å². The van der Waals surface area contributed by atoms with Gasteiger partial charge in [-0.05, 0) is 37.8 Å². The molecule has 2 N–H and O–H groups in total. The smallest absolute Gasteiger partial charge is 0.129 e. The van der Waals surface area contributed by atoms with Gasteiger partial charge in [-0.3, -0.25) is 0 Å². The molecule has 0 heterocycles. The Bertz CT molecular complexity index is 375. The second-order valence-electron chi connectivity index (χ2n) is 4.78. The summed E-state index contributed by atoms with van der Waals surface area (Å²) in [5, 5.41) is 0. The van der Waals surface area contributed by atoms with Crippen LogP contribution in [0.1, 0.15) is 36.0 Å². The van der Waals surface area contributed by atoms with Gasteiger partial charge in [-0.15, -0.1) is 0 Å². The van der Waals surface area contributed by atoms with Crippen molar-refractivity contribution in [2.24, 2.45) is 5.73 Å². The standard InChI is InChI=1S/C13H18FN/c1-9-6-10(2)12(14)11(7-9)13(8-15)4-3-5-13/h6-7H,3-5,8,15H2,1-2H3. The van der Waals surface area contributed by atoms with E-state index in [1.807, 2.05) is 26.0 Å². The number of nitrogens with two attached hydrogens (primary N) is 1. The Labute approximate surface area is 90.5 Å². The minimum Gasteiger partial charge on any atom is -0.330 e. The van der Waals surface area contributed by atoms with Crippen LogP contribution in [0.15, 0.2) is 12.1 Å². The molecular formula is C13H18FN. The van der Waals surface area contributed by atoms with E-state index >= 15 is 0 Å². The Balaban J connectivity index is 2.51. The summed E-state index contributed by atoms with van der Waals surface area (Å²) in [5.41, 5.74) is 8.44. The highest BCUT2D eigenvalue weighted by Gasteiger charge is 2.39. The van der Waals surface area contributed by atoms with Crippen LogP contribution >= 0.6 is 0 Å². The minimum atomic E-state index is -0.0686. The van der Waals surface area contributed by atoms with Gasteiger partial charge in [-0.25, -0.2) is 4.39 Å². The van der Waals surface area contributed by atoms with Gasteiger partial charge in [0.25, 0.3) is 0 Å². The summed E-state index contributed by atoms with van der Waals surface area (Å²) in [5.74, 6) is -0.0502. The third kappa shape index (κ3) is 1.57. The van der Waals surface area contributed by atoms with Gasteiger partial charge < -0.3 is 5.73 Å². The Morgan fingerprint density at radius 1 is 1.33 bits per heavy atom. The zero-order valence-corrected chi connectivity index (χ0v) is 9.44. The molecule has 0 aromatic heterocycles. The molecule has 1 aromatic carbocycles. The van der Waals surface area contributed by atoms with Crippen LogP contribution in [-0.4, -0.2) is 6.54 Å². The molecule has 15 heavy (non-hydrogen) atoms. The van der Waals surface area contributed by atoms with E-state index in [9.17, 15) is 4.39 Å².